The third-order valence-corrected chi connectivity index (χ3v) is 4.76. The number of nitrogens with zero attached hydrogens (tertiary/aromatic N) is 6. The Balaban J connectivity index is 1.46. The summed E-state index contributed by atoms with van der Waals surface area (Å²) in [5.74, 6) is 1.78. The number of hydrogen-bond donors (Lipinski definition) is 0. The van der Waals surface area contributed by atoms with Gasteiger partial charge in [0.25, 0.3) is 0 Å². The number of hydrogen-bond acceptors (Lipinski definition) is 4. The molecule has 6 nitrogen and oxygen atoms in total. The Labute approximate surface area is 135 Å². The van der Waals surface area contributed by atoms with Gasteiger partial charge >= 0.3 is 0 Å². The van der Waals surface area contributed by atoms with Crippen molar-refractivity contribution in [1.82, 2.24) is 29.2 Å². The van der Waals surface area contributed by atoms with E-state index in [1.54, 1.807) is 6.33 Å². The molecule has 0 amide bonds. The van der Waals surface area contributed by atoms with Crippen LogP contribution in [0.3, 0.4) is 0 Å². The fourth-order valence-corrected chi connectivity index (χ4v) is 3.57. The largest absolute Gasteiger partial charge is 0.330 e. The first kappa shape index (κ1) is 14.4. The second-order valence-electron chi connectivity index (χ2n) is 6.44. The molecule has 0 spiro atoms. The number of likely N-dealkylation sites (tertiary alicyclic amines) is 1. The van der Waals surface area contributed by atoms with Gasteiger partial charge in [-0.1, -0.05) is 12.1 Å². The fourth-order valence-electron chi connectivity index (χ4n) is 3.57. The summed E-state index contributed by atoms with van der Waals surface area (Å²) in [4.78, 5) is 11.4. The van der Waals surface area contributed by atoms with Crippen LogP contribution < -0.4 is 0 Å². The van der Waals surface area contributed by atoms with E-state index in [4.69, 9.17) is 4.98 Å². The van der Waals surface area contributed by atoms with E-state index in [-0.39, 0.29) is 0 Å². The summed E-state index contributed by atoms with van der Waals surface area (Å²) >= 11 is 0. The van der Waals surface area contributed by atoms with Gasteiger partial charge in [-0.3, -0.25) is 9.58 Å². The van der Waals surface area contributed by atoms with Gasteiger partial charge in [-0.2, -0.15) is 5.10 Å². The molecule has 1 fully saturated rings. The maximum absolute atomic E-state index is 4.80. The summed E-state index contributed by atoms with van der Waals surface area (Å²) in [5.41, 5.74) is 2.29. The number of aromatic nitrogens is 5. The van der Waals surface area contributed by atoms with Crippen molar-refractivity contribution in [3.63, 3.8) is 0 Å². The topological polar surface area (TPSA) is 51.8 Å². The minimum absolute atomic E-state index is 0.639. The predicted octanol–water partition coefficient (Wildman–Crippen LogP) is 2.08. The van der Waals surface area contributed by atoms with Crippen molar-refractivity contribution in [2.45, 2.75) is 25.9 Å². The Hall–Kier alpha value is -2.21. The summed E-state index contributed by atoms with van der Waals surface area (Å²) in [6.07, 6.45) is 5.92. The molecule has 3 aromatic rings. The van der Waals surface area contributed by atoms with E-state index in [1.165, 1.54) is 18.4 Å². The standard InChI is InChI=1S/C17H22N6/c1-21-16-7-3-2-6-15(16)20-17(21)11-22-8-4-5-14(9-22)10-23-13-18-12-19-23/h2-3,6-7,12-14H,4-5,8-11H2,1H3/t14-/m0/s1. The van der Waals surface area contributed by atoms with E-state index in [2.05, 4.69) is 44.8 Å². The molecular formula is C17H22N6. The predicted molar refractivity (Wildman–Crippen MR) is 88.7 cm³/mol. The summed E-state index contributed by atoms with van der Waals surface area (Å²) in [7, 11) is 2.11. The van der Waals surface area contributed by atoms with Gasteiger partial charge in [-0.15, -0.1) is 0 Å². The van der Waals surface area contributed by atoms with Gasteiger partial charge in [0.15, 0.2) is 0 Å². The molecular weight excluding hydrogens is 288 g/mol. The average molecular weight is 310 g/mol. The van der Waals surface area contributed by atoms with E-state index >= 15 is 0 Å². The van der Waals surface area contributed by atoms with Gasteiger partial charge in [0, 0.05) is 20.1 Å². The lowest BCUT2D eigenvalue weighted by atomic mass is 9.98. The molecule has 1 saturated heterocycles. The maximum Gasteiger partial charge on any atom is 0.137 e. The average Bonchev–Trinajstić information content (AvgIpc) is 3.17. The molecule has 0 bridgehead atoms. The van der Waals surface area contributed by atoms with E-state index in [0.717, 1.165) is 37.5 Å². The highest BCUT2D eigenvalue weighted by Gasteiger charge is 2.22. The van der Waals surface area contributed by atoms with Crippen LogP contribution in [0.15, 0.2) is 36.9 Å². The SMILES string of the molecule is Cn1c(CN2CCC[C@H](Cn3cncn3)C2)nc2ccccc21. The van der Waals surface area contributed by atoms with Crippen molar-refractivity contribution >= 4 is 11.0 Å². The van der Waals surface area contributed by atoms with Crippen molar-refractivity contribution < 1.29 is 0 Å². The molecule has 1 aromatic carbocycles. The van der Waals surface area contributed by atoms with E-state index in [0.29, 0.717) is 5.92 Å². The van der Waals surface area contributed by atoms with Crippen molar-refractivity contribution in [1.29, 1.82) is 0 Å². The van der Waals surface area contributed by atoms with Crippen LogP contribution >= 0.6 is 0 Å². The van der Waals surface area contributed by atoms with Crippen LogP contribution in [-0.2, 0) is 20.1 Å². The molecule has 4 rings (SSSR count). The van der Waals surface area contributed by atoms with Crippen molar-refractivity contribution in [2.24, 2.45) is 13.0 Å². The first-order chi connectivity index (χ1) is 11.3. The summed E-state index contributed by atoms with van der Waals surface area (Å²) in [6.45, 7) is 4.12. The van der Waals surface area contributed by atoms with Crippen molar-refractivity contribution in [2.75, 3.05) is 13.1 Å². The summed E-state index contributed by atoms with van der Waals surface area (Å²) < 4.78 is 4.17. The molecule has 1 atom stereocenters. The van der Waals surface area contributed by atoms with Crippen LogP contribution in [0.2, 0.25) is 0 Å². The highest BCUT2D eigenvalue weighted by molar-refractivity contribution is 5.75. The van der Waals surface area contributed by atoms with Gasteiger partial charge in [-0.25, -0.2) is 9.97 Å². The zero-order chi connectivity index (χ0) is 15.6. The molecule has 1 aliphatic heterocycles. The molecule has 0 saturated carbocycles. The first-order valence-electron chi connectivity index (χ1n) is 8.24. The number of fused-ring (bicyclic) bond motifs is 1. The Morgan fingerprint density at radius 2 is 2.17 bits per heavy atom. The molecule has 0 aliphatic carbocycles. The fraction of sp³-hybridized carbons (Fsp3) is 0.471. The van der Waals surface area contributed by atoms with Gasteiger partial charge in [0.1, 0.15) is 18.5 Å². The Morgan fingerprint density at radius 1 is 1.26 bits per heavy atom. The third kappa shape index (κ3) is 2.99. The number of rotatable bonds is 4. The van der Waals surface area contributed by atoms with Crippen molar-refractivity contribution in [3.8, 4) is 0 Å². The van der Waals surface area contributed by atoms with Gasteiger partial charge in [-0.05, 0) is 37.4 Å². The molecule has 3 heterocycles. The van der Waals surface area contributed by atoms with Crippen LogP contribution in [0.4, 0.5) is 0 Å². The monoisotopic (exact) mass is 310 g/mol. The molecule has 0 N–H and O–H groups in total. The lowest BCUT2D eigenvalue weighted by Crippen LogP contribution is -2.37. The van der Waals surface area contributed by atoms with Crippen LogP contribution in [-0.4, -0.2) is 42.3 Å². The van der Waals surface area contributed by atoms with Crippen LogP contribution in [0.1, 0.15) is 18.7 Å². The van der Waals surface area contributed by atoms with Crippen LogP contribution in [0.25, 0.3) is 11.0 Å². The molecule has 2 aromatic heterocycles. The first-order valence-corrected chi connectivity index (χ1v) is 8.24. The summed E-state index contributed by atoms with van der Waals surface area (Å²) in [6, 6.07) is 8.34. The highest BCUT2D eigenvalue weighted by atomic mass is 15.3. The Kier molecular flexibility index (Phi) is 3.83. The minimum Gasteiger partial charge on any atom is -0.330 e. The van der Waals surface area contributed by atoms with Gasteiger partial charge in [0.2, 0.25) is 0 Å². The molecule has 120 valence electrons. The van der Waals surface area contributed by atoms with Gasteiger partial charge in [0.05, 0.1) is 17.6 Å². The second-order valence-corrected chi connectivity index (χ2v) is 6.44. The third-order valence-electron chi connectivity index (χ3n) is 4.76. The Bertz CT molecular complexity index is 776. The van der Waals surface area contributed by atoms with Crippen LogP contribution in [0.5, 0.6) is 0 Å². The summed E-state index contributed by atoms with van der Waals surface area (Å²) in [5, 5.41) is 4.23. The van der Waals surface area contributed by atoms with Gasteiger partial charge < -0.3 is 4.57 Å². The van der Waals surface area contributed by atoms with E-state index in [1.807, 2.05) is 17.1 Å². The molecule has 0 unspecified atom stereocenters. The van der Waals surface area contributed by atoms with Crippen LogP contribution in [0, 0.1) is 5.92 Å². The number of piperidine rings is 1. The number of para-hydroxylation sites is 2. The number of imidazole rings is 1. The molecule has 0 radical (unpaired) electrons. The quantitative estimate of drug-likeness (QED) is 0.740. The zero-order valence-corrected chi connectivity index (χ0v) is 13.5. The van der Waals surface area contributed by atoms with E-state index < -0.39 is 0 Å². The Morgan fingerprint density at radius 3 is 3.00 bits per heavy atom. The number of aryl methyl sites for hydroxylation is 1. The molecule has 1 aliphatic rings. The number of benzene rings is 1. The normalized spacial score (nSPS) is 19.4. The maximum atomic E-state index is 4.80. The lowest BCUT2D eigenvalue weighted by Gasteiger charge is -2.32. The molecule has 6 heteroatoms. The van der Waals surface area contributed by atoms with E-state index in [9.17, 15) is 0 Å². The zero-order valence-electron chi connectivity index (χ0n) is 13.5. The lowest BCUT2D eigenvalue weighted by molar-refractivity contribution is 0.149. The second kappa shape index (κ2) is 6.12. The minimum atomic E-state index is 0.639. The smallest absolute Gasteiger partial charge is 0.137 e. The molecule has 23 heavy (non-hydrogen) atoms. The highest BCUT2D eigenvalue weighted by Crippen LogP contribution is 2.21. The van der Waals surface area contributed by atoms with Crippen molar-refractivity contribution in [3.05, 3.63) is 42.7 Å².